The van der Waals surface area contributed by atoms with Gasteiger partial charge in [0.25, 0.3) is 5.91 Å². The van der Waals surface area contributed by atoms with Gasteiger partial charge in [0.05, 0.1) is 0 Å². The van der Waals surface area contributed by atoms with Crippen molar-refractivity contribution in [2.75, 3.05) is 19.7 Å². The number of hydrogen-bond acceptors (Lipinski definition) is 3. The molecule has 2 aromatic carbocycles. The molecule has 0 aromatic heterocycles. The van der Waals surface area contributed by atoms with Crippen LogP contribution in [0.1, 0.15) is 22.6 Å². The molecule has 0 aliphatic carbocycles. The number of rotatable bonds is 4. The van der Waals surface area contributed by atoms with Crippen molar-refractivity contribution >= 4 is 18.3 Å². The molecule has 3 rings (SSSR count). The number of halogens is 1. The molecule has 1 fully saturated rings. The van der Waals surface area contributed by atoms with Crippen LogP contribution in [-0.2, 0) is 4.79 Å². The number of aryl methyl sites for hydroxylation is 2. The lowest BCUT2D eigenvalue weighted by atomic mass is 9.95. The van der Waals surface area contributed by atoms with Crippen LogP contribution in [0.2, 0.25) is 0 Å². The maximum Gasteiger partial charge on any atom is 0.260 e. The predicted octanol–water partition coefficient (Wildman–Crippen LogP) is 3.06. The van der Waals surface area contributed by atoms with E-state index in [-0.39, 0.29) is 36.9 Å². The maximum atomic E-state index is 12.4. The van der Waals surface area contributed by atoms with E-state index in [0.717, 1.165) is 11.3 Å². The number of hydrogen-bond donors (Lipinski definition) is 1. The quantitative estimate of drug-likeness (QED) is 0.911. The lowest BCUT2D eigenvalue weighted by Crippen LogP contribution is -2.35. The van der Waals surface area contributed by atoms with Crippen molar-refractivity contribution in [2.45, 2.75) is 25.8 Å². The van der Waals surface area contributed by atoms with Gasteiger partial charge >= 0.3 is 0 Å². The Hall–Kier alpha value is -2.04. The van der Waals surface area contributed by atoms with E-state index in [1.807, 2.05) is 48.2 Å². The van der Waals surface area contributed by atoms with Gasteiger partial charge in [-0.2, -0.15) is 0 Å². The molecule has 4 nitrogen and oxygen atoms in total. The molecule has 134 valence electrons. The monoisotopic (exact) mass is 360 g/mol. The second-order valence-corrected chi connectivity index (χ2v) is 6.51. The van der Waals surface area contributed by atoms with Crippen molar-refractivity contribution in [3.63, 3.8) is 0 Å². The van der Waals surface area contributed by atoms with Gasteiger partial charge in [-0.05, 0) is 42.7 Å². The Labute approximate surface area is 155 Å². The average Bonchev–Trinajstić information content (AvgIpc) is 2.98. The van der Waals surface area contributed by atoms with Crippen LogP contribution in [0, 0.1) is 13.8 Å². The fourth-order valence-electron chi connectivity index (χ4n) is 3.13. The van der Waals surface area contributed by atoms with Crippen molar-refractivity contribution in [3.8, 4) is 5.75 Å². The molecular formula is C20H25ClN2O2. The van der Waals surface area contributed by atoms with Crippen molar-refractivity contribution < 1.29 is 9.53 Å². The third-order valence-electron chi connectivity index (χ3n) is 4.79. The standard InChI is InChI=1S/C20H24N2O2.ClH/c1-14-8-9-17(10-15(14)2)24-13-20(23)22-11-18(19(21)12-22)16-6-4-3-5-7-16;/h3-10,18-19H,11-13,21H2,1-2H3;1H/t18-,19+;/m0./s1. The summed E-state index contributed by atoms with van der Waals surface area (Å²) < 4.78 is 5.66. The van der Waals surface area contributed by atoms with Gasteiger partial charge in [-0.1, -0.05) is 36.4 Å². The normalized spacial score (nSPS) is 19.4. The topological polar surface area (TPSA) is 55.6 Å². The first-order chi connectivity index (χ1) is 11.5. The Bertz CT molecular complexity index is 721. The first-order valence-electron chi connectivity index (χ1n) is 8.33. The van der Waals surface area contributed by atoms with Crippen molar-refractivity contribution in [1.29, 1.82) is 0 Å². The molecular weight excluding hydrogens is 336 g/mol. The molecule has 5 heteroatoms. The smallest absolute Gasteiger partial charge is 0.260 e. The Morgan fingerprint density at radius 1 is 1.12 bits per heavy atom. The second kappa shape index (κ2) is 8.37. The second-order valence-electron chi connectivity index (χ2n) is 6.51. The predicted molar refractivity (Wildman–Crippen MR) is 102 cm³/mol. The summed E-state index contributed by atoms with van der Waals surface area (Å²) in [6.07, 6.45) is 0. The van der Waals surface area contributed by atoms with E-state index in [2.05, 4.69) is 19.1 Å². The van der Waals surface area contributed by atoms with Crippen molar-refractivity contribution in [3.05, 3.63) is 65.2 Å². The number of carbonyl (C=O) groups is 1. The Morgan fingerprint density at radius 3 is 2.52 bits per heavy atom. The summed E-state index contributed by atoms with van der Waals surface area (Å²) in [6, 6.07) is 16.0. The number of amides is 1. The molecule has 2 aromatic rings. The summed E-state index contributed by atoms with van der Waals surface area (Å²) in [4.78, 5) is 14.2. The zero-order chi connectivity index (χ0) is 17.1. The molecule has 2 N–H and O–H groups in total. The number of likely N-dealkylation sites (tertiary alicyclic amines) is 1. The van der Waals surface area contributed by atoms with E-state index in [9.17, 15) is 4.79 Å². The number of benzene rings is 2. The van der Waals surface area contributed by atoms with E-state index in [1.54, 1.807) is 0 Å². The summed E-state index contributed by atoms with van der Waals surface area (Å²) >= 11 is 0. The highest BCUT2D eigenvalue weighted by Crippen LogP contribution is 2.26. The van der Waals surface area contributed by atoms with Gasteiger partial charge in [0.1, 0.15) is 5.75 Å². The third kappa shape index (κ3) is 4.53. The average molecular weight is 361 g/mol. The summed E-state index contributed by atoms with van der Waals surface area (Å²) in [5.41, 5.74) is 9.81. The van der Waals surface area contributed by atoms with Crippen LogP contribution in [-0.4, -0.2) is 36.5 Å². The van der Waals surface area contributed by atoms with Gasteiger partial charge in [-0.15, -0.1) is 12.4 Å². The molecule has 1 aliphatic rings. The van der Waals surface area contributed by atoms with E-state index in [0.29, 0.717) is 13.1 Å². The highest BCUT2D eigenvalue weighted by Gasteiger charge is 2.33. The van der Waals surface area contributed by atoms with Crippen LogP contribution in [0.3, 0.4) is 0 Å². The Kier molecular flexibility index (Phi) is 6.45. The Balaban J connectivity index is 0.00000225. The van der Waals surface area contributed by atoms with E-state index in [4.69, 9.17) is 10.5 Å². The largest absolute Gasteiger partial charge is 0.484 e. The SMILES string of the molecule is Cc1ccc(OCC(=O)N2C[C@@H](N)[C@H](c3ccccc3)C2)cc1C.Cl. The van der Waals surface area contributed by atoms with Gasteiger partial charge in [-0.25, -0.2) is 0 Å². The lowest BCUT2D eigenvalue weighted by molar-refractivity contribution is -0.132. The highest BCUT2D eigenvalue weighted by molar-refractivity contribution is 5.85. The minimum atomic E-state index is -0.0297. The fourth-order valence-corrected chi connectivity index (χ4v) is 3.13. The van der Waals surface area contributed by atoms with Gasteiger partial charge in [0.15, 0.2) is 6.61 Å². The van der Waals surface area contributed by atoms with Crippen LogP contribution in [0.15, 0.2) is 48.5 Å². The third-order valence-corrected chi connectivity index (χ3v) is 4.79. The molecule has 0 bridgehead atoms. The van der Waals surface area contributed by atoms with Crippen LogP contribution in [0.4, 0.5) is 0 Å². The summed E-state index contributed by atoms with van der Waals surface area (Å²) in [5.74, 6) is 0.911. The fraction of sp³-hybridized carbons (Fsp3) is 0.350. The molecule has 1 saturated heterocycles. The van der Waals surface area contributed by atoms with Gasteiger partial charge in [0.2, 0.25) is 0 Å². The first kappa shape index (κ1) is 19.3. The molecule has 25 heavy (non-hydrogen) atoms. The summed E-state index contributed by atoms with van der Waals surface area (Å²) in [5, 5.41) is 0. The van der Waals surface area contributed by atoms with E-state index in [1.165, 1.54) is 11.1 Å². The molecule has 1 heterocycles. The molecule has 0 saturated carbocycles. The molecule has 0 radical (unpaired) electrons. The molecule has 0 unspecified atom stereocenters. The van der Waals surface area contributed by atoms with Gasteiger partial charge in [-0.3, -0.25) is 4.79 Å². The molecule has 1 amide bonds. The van der Waals surface area contributed by atoms with Gasteiger partial charge in [0, 0.05) is 25.0 Å². The molecule has 2 atom stereocenters. The first-order valence-corrected chi connectivity index (χ1v) is 8.33. The van der Waals surface area contributed by atoms with E-state index >= 15 is 0 Å². The Morgan fingerprint density at radius 2 is 1.84 bits per heavy atom. The van der Waals surface area contributed by atoms with Crippen LogP contribution in [0.25, 0.3) is 0 Å². The molecule has 0 spiro atoms. The number of nitrogens with zero attached hydrogens (tertiary/aromatic N) is 1. The summed E-state index contributed by atoms with van der Waals surface area (Å²) in [6.45, 7) is 5.37. The van der Waals surface area contributed by atoms with Crippen molar-refractivity contribution in [1.82, 2.24) is 4.90 Å². The van der Waals surface area contributed by atoms with Crippen LogP contribution < -0.4 is 10.5 Å². The zero-order valence-corrected chi connectivity index (χ0v) is 15.5. The van der Waals surface area contributed by atoms with Crippen molar-refractivity contribution in [2.24, 2.45) is 5.73 Å². The number of nitrogens with two attached hydrogens (primary N) is 1. The van der Waals surface area contributed by atoms with Crippen LogP contribution in [0.5, 0.6) is 5.75 Å². The zero-order valence-electron chi connectivity index (χ0n) is 14.6. The van der Waals surface area contributed by atoms with Crippen LogP contribution >= 0.6 is 12.4 Å². The highest BCUT2D eigenvalue weighted by atomic mass is 35.5. The van der Waals surface area contributed by atoms with E-state index < -0.39 is 0 Å². The number of carbonyl (C=O) groups excluding carboxylic acids is 1. The maximum absolute atomic E-state index is 12.4. The summed E-state index contributed by atoms with van der Waals surface area (Å²) in [7, 11) is 0. The van der Waals surface area contributed by atoms with Gasteiger partial charge < -0.3 is 15.4 Å². The minimum Gasteiger partial charge on any atom is -0.484 e. The molecule has 1 aliphatic heterocycles. The number of ether oxygens (including phenoxy) is 1. The minimum absolute atomic E-state index is 0. The lowest BCUT2D eigenvalue weighted by Gasteiger charge is -2.17.